The first-order chi connectivity index (χ1) is 14.8. The molecule has 0 amide bonds. The molecule has 1 saturated carbocycles. The monoisotopic (exact) mass is 422 g/mol. The molecule has 2 aliphatic rings. The second-order valence-corrected chi connectivity index (χ2v) is 8.19. The summed E-state index contributed by atoms with van der Waals surface area (Å²) in [6, 6.07) is 10.4. The number of benzene rings is 2. The van der Waals surface area contributed by atoms with Crippen molar-refractivity contribution in [3.05, 3.63) is 57.6 Å². The summed E-state index contributed by atoms with van der Waals surface area (Å²) < 4.78 is 6.02. The molecule has 0 atom stereocenters. The molecule has 0 unspecified atom stereocenters. The van der Waals surface area contributed by atoms with Gasteiger partial charge < -0.3 is 16.2 Å². The van der Waals surface area contributed by atoms with Crippen molar-refractivity contribution in [2.45, 2.75) is 51.6 Å². The summed E-state index contributed by atoms with van der Waals surface area (Å²) in [6.45, 7) is 3.94. The lowest BCUT2D eigenvalue weighted by atomic mass is 9.87. The first kappa shape index (κ1) is 20.6. The van der Waals surface area contributed by atoms with Gasteiger partial charge in [0.15, 0.2) is 0 Å². The van der Waals surface area contributed by atoms with E-state index in [0.717, 1.165) is 43.2 Å². The Balaban J connectivity index is 1.80. The molecule has 1 spiro atoms. The molecule has 0 aromatic heterocycles. The second-order valence-electron chi connectivity index (χ2n) is 8.19. The molecular weight excluding hydrogens is 396 g/mol. The molecule has 2 aromatic carbocycles. The molecule has 0 radical (unpaired) electrons. The lowest BCUT2D eigenvalue weighted by Gasteiger charge is -2.45. The number of rotatable bonds is 4. The fraction of sp³-hybridized carbons (Fsp3) is 0.364. The SMILES string of the molecule is Cc1cc(C)cc(Oc2cc(N3C(N)=NC(N)=NC34CCCCC4)cc([N+](=O)[O-])c2)c1. The van der Waals surface area contributed by atoms with Crippen LogP contribution in [-0.2, 0) is 0 Å². The van der Waals surface area contributed by atoms with Crippen LogP contribution < -0.4 is 21.1 Å². The Bertz CT molecular complexity index is 1070. The molecule has 1 heterocycles. The van der Waals surface area contributed by atoms with E-state index in [2.05, 4.69) is 9.98 Å². The van der Waals surface area contributed by atoms with Crippen LogP contribution in [0, 0.1) is 24.0 Å². The number of nitro benzene ring substituents is 1. The maximum atomic E-state index is 11.7. The van der Waals surface area contributed by atoms with Crippen molar-refractivity contribution in [1.29, 1.82) is 0 Å². The number of nitrogens with zero attached hydrogens (tertiary/aromatic N) is 4. The third kappa shape index (κ3) is 4.16. The maximum Gasteiger partial charge on any atom is 0.275 e. The molecule has 1 aliphatic carbocycles. The summed E-state index contributed by atoms with van der Waals surface area (Å²) in [7, 11) is 0. The van der Waals surface area contributed by atoms with Crippen LogP contribution in [0.1, 0.15) is 43.2 Å². The number of non-ortho nitro benzene ring substituents is 1. The van der Waals surface area contributed by atoms with Gasteiger partial charge in [-0.3, -0.25) is 15.0 Å². The molecule has 162 valence electrons. The zero-order valence-corrected chi connectivity index (χ0v) is 17.7. The molecule has 9 heteroatoms. The van der Waals surface area contributed by atoms with E-state index < -0.39 is 10.6 Å². The van der Waals surface area contributed by atoms with Gasteiger partial charge in [-0.1, -0.05) is 12.5 Å². The van der Waals surface area contributed by atoms with E-state index >= 15 is 0 Å². The summed E-state index contributed by atoms with van der Waals surface area (Å²) in [4.78, 5) is 21.8. The van der Waals surface area contributed by atoms with Crippen LogP contribution in [0.25, 0.3) is 0 Å². The summed E-state index contributed by atoms with van der Waals surface area (Å²) in [5.74, 6) is 1.26. The quantitative estimate of drug-likeness (QED) is 0.563. The smallest absolute Gasteiger partial charge is 0.275 e. The maximum absolute atomic E-state index is 11.7. The highest BCUT2D eigenvalue weighted by atomic mass is 16.6. The number of nitrogens with two attached hydrogens (primary N) is 2. The molecule has 1 fully saturated rings. The van der Waals surface area contributed by atoms with Crippen molar-refractivity contribution in [2.75, 3.05) is 4.90 Å². The topological polar surface area (TPSA) is 132 Å². The van der Waals surface area contributed by atoms with Gasteiger partial charge >= 0.3 is 0 Å². The minimum absolute atomic E-state index is 0.0989. The van der Waals surface area contributed by atoms with Crippen molar-refractivity contribution >= 4 is 23.3 Å². The predicted octanol–water partition coefficient (Wildman–Crippen LogP) is 4.11. The van der Waals surface area contributed by atoms with Crippen LogP contribution >= 0.6 is 0 Å². The van der Waals surface area contributed by atoms with Gasteiger partial charge in [0, 0.05) is 12.1 Å². The van der Waals surface area contributed by atoms with E-state index in [0.29, 0.717) is 17.2 Å². The Morgan fingerprint density at radius 3 is 2.29 bits per heavy atom. The molecule has 2 aromatic rings. The largest absolute Gasteiger partial charge is 0.457 e. The minimum atomic E-state index is -0.694. The van der Waals surface area contributed by atoms with E-state index in [4.69, 9.17) is 16.2 Å². The van der Waals surface area contributed by atoms with Crippen molar-refractivity contribution < 1.29 is 9.66 Å². The first-order valence-corrected chi connectivity index (χ1v) is 10.3. The van der Waals surface area contributed by atoms with Gasteiger partial charge in [0.1, 0.15) is 17.2 Å². The van der Waals surface area contributed by atoms with Gasteiger partial charge in [0.05, 0.1) is 16.7 Å². The normalized spacial score (nSPS) is 17.8. The van der Waals surface area contributed by atoms with Crippen LogP contribution in [0.4, 0.5) is 11.4 Å². The first-order valence-electron chi connectivity index (χ1n) is 10.3. The Morgan fingerprint density at radius 1 is 1.00 bits per heavy atom. The minimum Gasteiger partial charge on any atom is -0.457 e. The van der Waals surface area contributed by atoms with Crippen molar-refractivity contribution in [2.24, 2.45) is 21.5 Å². The van der Waals surface area contributed by atoms with Crippen LogP contribution in [0.15, 0.2) is 46.4 Å². The van der Waals surface area contributed by atoms with Crippen LogP contribution in [0.3, 0.4) is 0 Å². The Kier molecular flexibility index (Phi) is 5.26. The third-order valence-electron chi connectivity index (χ3n) is 5.63. The highest BCUT2D eigenvalue weighted by Crippen LogP contribution is 2.42. The average Bonchev–Trinajstić information content (AvgIpc) is 2.66. The highest BCUT2D eigenvalue weighted by molar-refractivity contribution is 6.05. The molecule has 4 N–H and O–H groups in total. The van der Waals surface area contributed by atoms with E-state index in [1.54, 1.807) is 11.0 Å². The van der Waals surface area contributed by atoms with E-state index in [1.165, 1.54) is 12.1 Å². The van der Waals surface area contributed by atoms with Gasteiger partial charge in [0.2, 0.25) is 11.9 Å². The Labute approximate surface area is 180 Å². The van der Waals surface area contributed by atoms with Gasteiger partial charge in [-0.15, -0.1) is 0 Å². The number of anilines is 1. The third-order valence-corrected chi connectivity index (χ3v) is 5.63. The number of hydrogen-bond donors (Lipinski definition) is 2. The van der Waals surface area contributed by atoms with Crippen molar-refractivity contribution in [3.63, 3.8) is 0 Å². The van der Waals surface area contributed by atoms with Gasteiger partial charge in [-0.2, -0.15) is 4.99 Å². The molecule has 31 heavy (non-hydrogen) atoms. The number of nitro groups is 1. The van der Waals surface area contributed by atoms with Crippen molar-refractivity contribution in [3.8, 4) is 11.5 Å². The zero-order chi connectivity index (χ0) is 22.2. The van der Waals surface area contributed by atoms with Gasteiger partial charge in [-0.25, -0.2) is 4.99 Å². The summed E-state index contributed by atoms with van der Waals surface area (Å²) >= 11 is 0. The van der Waals surface area contributed by atoms with Gasteiger partial charge in [0.25, 0.3) is 5.69 Å². The second kappa shape index (κ2) is 7.90. The van der Waals surface area contributed by atoms with Crippen LogP contribution in [0.5, 0.6) is 11.5 Å². The molecule has 4 rings (SSSR count). The highest BCUT2D eigenvalue weighted by Gasteiger charge is 2.43. The van der Waals surface area contributed by atoms with E-state index in [1.807, 2.05) is 32.0 Å². The Hall–Kier alpha value is -3.62. The fourth-order valence-corrected chi connectivity index (χ4v) is 4.48. The summed E-state index contributed by atoms with van der Waals surface area (Å²) in [6.07, 6.45) is 4.49. The van der Waals surface area contributed by atoms with Gasteiger partial charge in [-0.05, 0) is 62.8 Å². The lowest BCUT2D eigenvalue weighted by Crippen LogP contribution is -2.58. The zero-order valence-electron chi connectivity index (χ0n) is 17.7. The Morgan fingerprint density at radius 2 is 1.65 bits per heavy atom. The molecular formula is C22H26N6O3. The number of ether oxygens (including phenoxy) is 1. The molecule has 0 bridgehead atoms. The number of aliphatic imine (C=N–C) groups is 2. The van der Waals surface area contributed by atoms with Crippen molar-refractivity contribution in [1.82, 2.24) is 0 Å². The van der Waals surface area contributed by atoms with Crippen LogP contribution in [-0.4, -0.2) is 22.5 Å². The van der Waals surface area contributed by atoms with E-state index in [-0.39, 0.29) is 17.6 Å². The average molecular weight is 422 g/mol. The molecule has 9 nitrogen and oxygen atoms in total. The standard InChI is InChI=1S/C22H26N6O3/c1-14-8-15(2)10-18(9-14)31-19-12-16(11-17(13-19)28(29)30)27-21(24)25-20(23)26-22(27)6-4-3-5-7-22/h8-13H,3-7H2,1-2H3,(H4,23,24,25,26). The lowest BCUT2D eigenvalue weighted by molar-refractivity contribution is -0.384. The molecule has 1 aliphatic heterocycles. The number of aryl methyl sites for hydroxylation is 2. The van der Waals surface area contributed by atoms with E-state index in [9.17, 15) is 10.1 Å². The van der Waals surface area contributed by atoms with Crippen LogP contribution in [0.2, 0.25) is 0 Å². The molecule has 0 saturated heterocycles. The fourth-order valence-electron chi connectivity index (χ4n) is 4.48. The summed E-state index contributed by atoms with van der Waals surface area (Å²) in [5, 5.41) is 11.7. The summed E-state index contributed by atoms with van der Waals surface area (Å²) in [5.41, 5.74) is 14.0. The number of hydrogen-bond acceptors (Lipinski definition) is 8. The number of guanidine groups is 2. The predicted molar refractivity (Wildman–Crippen MR) is 121 cm³/mol.